The molecule has 1 aliphatic heterocycles. The lowest BCUT2D eigenvalue weighted by molar-refractivity contribution is -0.133. The number of benzene rings is 1. The van der Waals surface area contributed by atoms with Crippen molar-refractivity contribution >= 4 is 5.91 Å². The zero-order valence-electron chi connectivity index (χ0n) is 14.5. The van der Waals surface area contributed by atoms with Crippen molar-refractivity contribution in [1.82, 2.24) is 19.7 Å². The third-order valence-electron chi connectivity index (χ3n) is 4.93. The molecule has 1 aromatic heterocycles. The highest BCUT2D eigenvalue weighted by Gasteiger charge is 2.29. The number of amides is 1. The van der Waals surface area contributed by atoms with Crippen molar-refractivity contribution in [2.75, 3.05) is 13.1 Å². The highest BCUT2D eigenvalue weighted by Crippen LogP contribution is 2.27. The number of aromatic nitrogens is 3. The third-order valence-corrected chi connectivity index (χ3v) is 4.93. The number of rotatable bonds is 5. The largest absolute Gasteiger partial charge is 0.388 e. The van der Waals surface area contributed by atoms with Crippen LogP contribution in [0, 0.1) is 0 Å². The second kappa shape index (κ2) is 7.76. The topological polar surface area (TPSA) is 97.3 Å². The van der Waals surface area contributed by atoms with E-state index < -0.39 is 6.04 Å². The van der Waals surface area contributed by atoms with Gasteiger partial charge in [-0.15, -0.1) is 10.2 Å². The van der Waals surface area contributed by atoms with E-state index >= 15 is 0 Å². The maximum atomic E-state index is 12.6. The number of hydrogen-bond donors (Lipinski definition) is 2. The quantitative estimate of drug-likeness (QED) is 0.828. The summed E-state index contributed by atoms with van der Waals surface area (Å²) in [7, 11) is 1.87. The molecule has 3 N–H and O–H groups in total. The van der Waals surface area contributed by atoms with Gasteiger partial charge in [0.2, 0.25) is 5.91 Å². The van der Waals surface area contributed by atoms with Crippen molar-refractivity contribution in [2.45, 2.75) is 37.8 Å². The molecule has 7 nitrogen and oxygen atoms in total. The molecule has 1 fully saturated rings. The Balaban J connectivity index is 1.56. The van der Waals surface area contributed by atoms with E-state index in [1.165, 1.54) is 0 Å². The summed E-state index contributed by atoms with van der Waals surface area (Å²) in [5.74, 6) is 1.71. The first-order chi connectivity index (χ1) is 12.1. The van der Waals surface area contributed by atoms with Gasteiger partial charge in [0.1, 0.15) is 12.4 Å². The molecule has 0 saturated carbocycles. The van der Waals surface area contributed by atoms with E-state index in [2.05, 4.69) is 10.2 Å². The normalized spacial score (nSPS) is 16.8. The first kappa shape index (κ1) is 17.6. The Bertz CT molecular complexity index is 708. The number of nitrogens with zero attached hydrogens (tertiary/aromatic N) is 4. The fourth-order valence-corrected chi connectivity index (χ4v) is 3.42. The van der Waals surface area contributed by atoms with Gasteiger partial charge in [-0.2, -0.15) is 0 Å². The third kappa shape index (κ3) is 3.88. The van der Waals surface area contributed by atoms with Crippen LogP contribution in [0.5, 0.6) is 0 Å². The minimum absolute atomic E-state index is 0.0105. The van der Waals surface area contributed by atoms with Crippen LogP contribution < -0.4 is 5.73 Å². The average Bonchev–Trinajstić information content (AvgIpc) is 3.02. The van der Waals surface area contributed by atoms with E-state index in [1.807, 2.05) is 46.8 Å². The number of likely N-dealkylation sites (tertiary alicyclic amines) is 1. The summed E-state index contributed by atoms with van der Waals surface area (Å²) >= 11 is 0. The Morgan fingerprint density at radius 3 is 2.56 bits per heavy atom. The van der Waals surface area contributed by atoms with E-state index in [-0.39, 0.29) is 18.4 Å². The van der Waals surface area contributed by atoms with Gasteiger partial charge in [-0.1, -0.05) is 30.3 Å². The smallest absolute Gasteiger partial charge is 0.239 e. The first-order valence-corrected chi connectivity index (χ1v) is 8.67. The van der Waals surface area contributed by atoms with Gasteiger partial charge in [0.25, 0.3) is 0 Å². The molecule has 0 bridgehead atoms. The van der Waals surface area contributed by atoms with Crippen molar-refractivity contribution in [3.8, 4) is 0 Å². The first-order valence-electron chi connectivity index (χ1n) is 8.67. The fourth-order valence-electron chi connectivity index (χ4n) is 3.42. The zero-order chi connectivity index (χ0) is 17.8. The summed E-state index contributed by atoms with van der Waals surface area (Å²) in [6.07, 6.45) is 2.23. The number of aliphatic hydroxyl groups is 1. The Hall–Kier alpha value is -2.25. The highest BCUT2D eigenvalue weighted by molar-refractivity contribution is 5.82. The van der Waals surface area contributed by atoms with Gasteiger partial charge in [-0.05, 0) is 24.8 Å². The van der Waals surface area contributed by atoms with E-state index in [4.69, 9.17) is 5.73 Å². The molecular formula is C18H25N5O2. The van der Waals surface area contributed by atoms with Gasteiger partial charge in [0.05, 0.1) is 6.04 Å². The zero-order valence-corrected chi connectivity index (χ0v) is 14.5. The molecule has 0 unspecified atom stereocenters. The van der Waals surface area contributed by atoms with Crippen LogP contribution in [0.1, 0.15) is 36.0 Å². The Kier molecular flexibility index (Phi) is 5.45. The summed E-state index contributed by atoms with van der Waals surface area (Å²) in [4.78, 5) is 14.5. The number of carbonyl (C=O) groups is 1. The van der Waals surface area contributed by atoms with E-state index in [0.29, 0.717) is 25.3 Å². The fraction of sp³-hybridized carbons (Fsp3) is 0.500. The predicted molar refractivity (Wildman–Crippen MR) is 93.6 cm³/mol. The predicted octanol–water partition coefficient (Wildman–Crippen LogP) is 0.583. The molecule has 7 heteroatoms. The molecule has 1 amide bonds. The van der Waals surface area contributed by atoms with Gasteiger partial charge in [-0.3, -0.25) is 4.79 Å². The SMILES string of the molecule is Cn1c(CO)nnc1C1CCN(C(=O)[C@@H](N)Cc2ccccc2)CC1. The minimum atomic E-state index is -0.505. The summed E-state index contributed by atoms with van der Waals surface area (Å²) in [5, 5.41) is 17.4. The lowest BCUT2D eigenvalue weighted by Crippen LogP contribution is -2.47. The molecule has 3 rings (SSSR count). The standard InChI is InChI=1S/C18H25N5O2/c1-22-16(12-24)20-21-17(22)14-7-9-23(10-8-14)18(25)15(19)11-13-5-3-2-4-6-13/h2-6,14-15,24H,7-12,19H2,1H3/t15-/m0/s1. The second-order valence-corrected chi connectivity index (χ2v) is 6.59. The van der Waals surface area contributed by atoms with Crippen molar-refractivity contribution < 1.29 is 9.90 Å². The molecule has 0 spiro atoms. The molecular weight excluding hydrogens is 318 g/mol. The van der Waals surface area contributed by atoms with Crippen molar-refractivity contribution in [3.63, 3.8) is 0 Å². The van der Waals surface area contributed by atoms with Crippen LogP contribution in [0.2, 0.25) is 0 Å². The maximum Gasteiger partial charge on any atom is 0.239 e. The van der Waals surface area contributed by atoms with Gasteiger partial charge >= 0.3 is 0 Å². The number of hydrogen-bond acceptors (Lipinski definition) is 5. The summed E-state index contributed by atoms with van der Waals surface area (Å²) in [6, 6.07) is 9.35. The minimum Gasteiger partial charge on any atom is -0.388 e. The van der Waals surface area contributed by atoms with Crippen molar-refractivity contribution in [3.05, 3.63) is 47.5 Å². The number of piperidine rings is 1. The number of carbonyl (C=O) groups excluding carboxylic acids is 1. The molecule has 0 radical (unpaired) electrons. The average molecular weight is 343 g/mol. The van der Waals surface area contributed by atoms with Crippen molar-refractivity contribution in [1.29, 1.82) is 0 Å². The molecule has 1 atom stereocenters. The maximum absolute atomic E-state index is 12.6. The summed E-state index contributed by atoms with van der Waals surface area (Å²) in [5.41, 5.74) is 7.20. The Morgan fingerprint density at radius 2 is 1.96 bits per heavy atom. The van der Waals surface area contributed by atoms with Gasteiger partial charge < -0.3 is 20.3 Å². The second-order valence-electron chi connectivity index (χ2n) is 6.59. The molecule has 1 aromatic carbocycles. The molecule has 2 aromatic rings. The molecule has 2 heterocycles. The van der Waals surface area contributed by atoms with E-state index in [1.54, 1.807) is 0 Å². The molecule has 25 heavy (non-hydrogen) atoms. The van der Waals surface area contributed by atoms with E-state index in [0.717, 1.165) is 24.2 Å². The van der Waals surface area contributed by atoms with Crippen LogP contribution >= 0.6 is 0 Å². The lowest BCUT2D eigenvalue weighted by atomic mass is 9.95. The Morgan fingerprint density at radius 1 is 1.28 bits per heavy atom. The summed E-state index contributed by atoms with van der Waals surface area (Å²) in [6.45, 7) is 1.23. The Labute approximate surface area is 147 Å². The monoisotopic (exact) mass is 343 g/mol. The highest BCUT2D eigenvalue weighted by atomic mass is 16.3. The van der Waals surface area contributed by atoms with Gasteiger partial charge in [0.15, 0.2) is 5.82 Å². The molecule has 1 saturated heterocycles. The molecule has 0 aliphatic carbocycles. The van der Waals surface area contributed by atoms with Crippen LogP contribution in [0.3, 0.4) is 0 Å². The molecule has 134 valence electrons. The summed E-state index contributed by atoms with van der Waals surface area (Å²) < 4.78 is 1.85. The van der Waals surface area contributed by atoms with Crippen LogP contribution in [-0.2, 0) is 24.9 Å². The molecule has 1 aliphatic rings. The number of aliphatic hydroxyl groups excluding tert-OH is 1. The van der Waals surface area contributed by atoms with Crippen LogP contribution in [-0.4, -0.2) is 49.8 Å². The van der Waals surface area contributed by atoms with E-state index in [9.17, 15) is 9.90 Å². The van der Waals surface area contributed by atoms with Crippen LogP contribution in [0.25, 0.3) is 0 Å². The number of nitrogens with two attached hydrogens (primary N) is 1. The lowest BCUT2D eigenvalue weighted by Gasteiger charge is -2.33. The van der Waals surface area contributed by atoms with Gasteiger partial charge in [0, 0.05) is 26.1 Å². The van der Waals surface area contributed by atoms with Crippen LogP contribution in [0.4, 0.5) is 0 Å². The van der Waals surface area contributed by atoms with Crippen molar-refractivity contribution in [2.24, 2.45) is 12.8 Å². The van der Waals surface area contributed by atoms with Gasteiger partial charge in [-0.25, -0.2) is 0 Å². The van der Waals surface area contributed by atoms with Crippen LogP contribution in [0.15, 0.2) is 30.3 Å².